The highest BCUT2D eigenvalue weighted by atomic mass is 16.5. The maximum Gasteiger partial charge on any atom is 0.124 e. The molecule has 0 radical (unpaired) electrons. The number of anilines is 1. The van der Waals surface area contributed by atoms with Gasteiger partial charge in [-0.1, -0.05) is 19.9 Å². The molecule has 106 valence electrons. The smallest absolute Gasteiger partial charge is 0.124 e. The molecule has 0 spiro atoms. The van der Waals surface area contributed by atoms with Crippen molar-refractivity contribution < 1.29 is 9.47 Å². The Balaban J connectivity index is 1.74. The maximum absolute atomic E-state index is 5.85. The number of hydrogen-bond donors (Lipinski definition) is 1. The van der Waals surface area contributed by atoms with Crippen molar-refractivity contribution in [2.75, 3.05) is 31.7 Å². The van der Waals surface area contributed by atoms with Crippen molar-refractivity contribution in [2.45, 2.75) is 33.1 Å². The third-order valence-electron chi connectivity index (χ3n) is 3.38. The lowest BCUT2D eigenvalue weighted by atomic mass is 10.0. The van der Waals surface area contributed by atoms with E-state index in [0.29, 0.717) is 19.1 Å². The van der Waals surface area contributed by atoms with Gasteiger partial charge in [-0.25, -0.2) is 0 Å². The largest absolute Gasteiger partial charge is 0.491 e. The van der Waals surface area contributed by atoms with Gasteiger partial charge in [0.25, 0.3) is 0 Å². The highest BCUT2D eigenvalue weighted by Crippen LogP contribution is 2.30. The van der Waals surface area contributed by atoms with Gasteiger partial charge in [0.05, 0.1) is 6.61 Å². The van der Waals surface area contributed by atoms with E-state index in [1.54, 1.807) is 0 Å². The third-order valence-corrected chi connectivity index (χ3v) is 3.38. The fraction of sp³-hybridized carbons (Fsp3) is 0.625. The van der Waals surface area contributed by atoms with Crippen LogP contribution in [-0.2, 0) is 11.2 Å². The molecule has 0 saturated carbocycles. The fourth-order valence-electron chi connectivity index (χ4n) is 2.24. The Morgan fingerprint density at radius 2 is 2.11 bits per heavy atom. The van der Waals surface area contributed by atoms with Crippen molar-refractivity contribution in [3.8, 4) is 5.75 Å². The molecule has 1 N–H and O–H groups in total. The highest BCUT2D eigenvalue weighted by molar-refractivity contribution is 5.59. The molecule has 1 aliphatic heterocycles. The number of benzene rings is 1. The SMILES string of the molecule is CC(C)CCOCCOc1cccc2c1CCCN2. The maximum atomic E-state index is 5.85. The second-order valence-electron chi connectivity index (χ2n) is 5.46. The Kier molecular flexibility index (Phi) is 5.52. The van der Waals surface area contributed by atoms with Crippen LogP contribution < -0.4 is 10.1 Å². The van der Waals surface area contributed by atoms with Gasteiger partial charge in [-0.3, -0.25) is 0 Å². The Bertz CT molecular complexity index is 390. The summed E-state index contributed by atoms with van der Waals surface area (Å²) in [5, 5.41) is 3.41. The minimum absolute atomic E-state index is 0.633. The topological polar surface area (TPSA) is 30.5 Å². The van der Waals surface area contributed by atoms with Crippen LogP contribution in [0.3, 0.4) is 0 Å². The van der Waals surface area contributed by atoms with Crippen molar-refractivity contribution in [1.82, 2.24) is 0 Å². The first-order valence-electron chi connectivity index (χ1n) is 7.33. The Morgan fingerprint density at radius 3 is 2.95 bits per heavy atom. The van der Waals surface area contributed by atoms with E-state index in [4.69, 9.17) is 9.47 Å². The standard InChI is InChI=1S/C16H25NO2/c1-13(2)8-10-18-11-12-19-16-7-3-6-15-14(16)5-4-9-17-15/h3,6-7,13,17H,4-5,8-12H2,1-2H3. The van der Waals surface area contributed by atoms with Gasteiger partial charge in [-0.05, 0) is 37.3 Å². The third kappa shape index (κ3) is 4.43. The molecule has 0 bridgehead atoms. The van der Waals surface area contributed by atoms with E-state index < -0.39 is 0 Å². The predicted octanol–water partition coefficient (Wildman–Crippen LogP) is 3.49. The summed E-state index contributed by atoms with van der Waals surface area (Å²) in [5.41, 5.74) is 2.54. The van der Waals surface area contributed by atoms with Crippen LogP contribution in [0.4, 0.5) is 5.69 Å². The van der Waals surface area contributed by atoms with Crippen LogP contribution in [0.15, 0.2) is 18.2 Å². The second-order valence-corrected chi connectivity index (χ2v) is 5.46. The minimum Gasteiger partial charge on any atom is -0.491 e. The molecule has 3 heteroatoms. The van der Waals surface area contributed by atoms with Gasteiger partial charge in [0.1, 0.15) is 12.4 Å². The summed E-state index contributed by atoms with van der Waals surface area (Å²) >= 11 is 0. The lowest BCUT2D eigenvalue weighted by molar-refractivity contribution is 0.0923. The number of nitrogens with one attached hydrogen (secondary N) is 1. The van der Waals surface area contributed by atoms with Crippen LogP contribution in [0.1, 0.15) is 32.3 Å². The lowest BCUT2D eigenvalue weighted by Crippen LogP contribution is -2.14. The molecule has 1 heterocycles. The number of ether oxygens (including phenoxy) is 2. The number of hydrogen-bond acceptors (Lipinski definition) is 3. The molecule has 0 amide bonds. The van der Waals surface area contributed by atoms with E-state index in [1.165, 1.54) is 17.7 Å². The van der Waals surface area contributed by atoms with Crippen LogP contribution in [0.25, 0.3) is 0 Å². The number of rotatable bonds is 7. The van der Waals surface area contributed by atoms with Crippen LogP contribution in [0, 0.1) is 5.92 Å². The minimum atomic E-state index is 0.633. The summed E-state index contributed by atoms with van der Waals surface area (Å²) in [6, 6.07) is 6.23. The summed E-state index contributed by atoms with van der Waals surface area (Å²) in [4.78, 5) is 0. The second kappa shape index (κ2) is 7.39. The van der Waals surface area contributed by atoms with E-state index in [2.05, 4.69) is 31.3 Å². The molecule has 2 rings (SSSR count). The first-order valence-corrected chi connectivity index (χ1v) is 7.33. The molecular weight excluding hydrogens is 238 g/mol. The average Bonchev–Trinajstić information content (AvgIpc) is 2.42. The van der Waals surface area contributed by atoms with E-state index in [9.17, 15) is 0 Å². The van der Waals surface area contributed by atoms with Crippen molar-refractivity contribution in [1.29, 1.82) is 0 Å². The molecule has 0 atom stereocenters. The van der Waals surface area contributed by atoms with Gasteiger partial charge in [0.15, 0.2) is 0 Å². The first-order chi connectivity index (χ1) is 9.27. The van der Waals surface area contributed by atoms with E-state index in [1.807, 2.05) is 6.07 Å². The van der Waals surface area contributed by atoms with Gasteiger partial charge < -0.3 is 14.8 Å². The zero-order valence-electron chi connectivity index (χ0n) is 12.1. The molecule has 1 aliphatic rings. The van der Waals surface area contributed by atoms with Gasteiger partial charge in [-0.2, -0.15) is 0 Å². The Hall–Kier alpha value is -1.22. The fourth-order valence-corrected chi connectivity index (χ4v) is 2.24. The summed E-state index contributed by atoms with van der Waals surface area (Å²) in [6.45, 7) is 7.62. The van der Waals surface area contributed by atoms with Crippen molar-refractivity contribution >= 4 is 5.69 Å². The van der Waals surface area contributed by atoms with Crippen LogP contribution in [0.5, 0.6) is 5.75 Å². The molecule has 3 nitrogen and oxygen atoms in total. The van der Waals surface area contributed by atoms with Crippen molar-refractivity contribution in [3.63, 3.8) is 0 Å². The van der Waals surface area contributed by atoms with Crippen molar-refractivity contribution in [2.24, 2.45) is 5.92 Å². The molecule has 19 heavy (non-hydrogen) atoms. The summed E-state index contributed by atoms with van der Waals surface area (Å²) in [5.74, 6) is 1.71. The van der Waals surface area contributed by atoms with Crippen LogP contribution >= 0.6 is 0 Å². The molecule has 0 saturated heterocycles. The number of fused-ring (bicyclic) bond motifs is 1. The zero-order chi connectivity index (χ0) is 13.5. The normalized spacial score (nSPS) is 14.1. The van der Waals surface area contributed by atoms with E-state index in [0.717, 1.165) is 31.7 Å². The van der Waals surface area contributed by atoms with Crippen LogP contribution in [0.2, 0.25) is 0 Å². The van der Waals surface area contributed by atoms with Gasteiger partial charge in [0.2, 0.25) is 0 Å². The lowest BCUT2D eigenvalue weighted by Gasteiger charge is -2.21. The molecule has 0 aromatic heterocycles. The van der Waals surface area contributed by atoms with Gasteiger partial charge >= 0.3 is 0 Å². The van der Waals surface area contributed by atoms with E-state index >= 15 is 0 Å². The molecule has 0 fully saturated rings. The molecule has 1 aromatic rings. The zero-order valence-corrected chi connectivity index (χ0v) is 12.1. The Morgan fingerprint density at radius 1 is 1.21 bits per heavy atom. The van der Waals surface area contributed by atoms with Gasteiger partial charge in [-0.15, -0.1) is 0 Å². The summed E-state index contributed by atoms with van der Waals surface area (Å²) in [6.07, 6.45) is 3.40. The van der Waals surface area contributed by atoms with Gasteiger partial charge in [0, 0.05) is 24.4 Å². The average molecular weight is 263 g/mol. The quantitative estimate of drug-likeness (QED) is 0.764. The highest BCUT2D eigenvalue weighted by Gasteiger charge is 2.12. The summed E-state index contributed by atoms with van der Waals surface area (Å²) in [7, 11) is 0. The Labute approximate surface area is 116 Å². The molecule has 0 aliphatic carbocycles. The summed E-state index contributed by atoms with van der Waals surface area (Å²) < 4.78 is 11.4. The molecule has 1 aromatic carbocycles. The molecule has 0 unspecified atom stereocenters. The molecular formula is C16H25NO2. The van der Waals surface area contributed by atoms with E-state index in [-0.39, 0.29) is 0 Å². The van der Waals surface area contributed by atoms with Crippen molar-refractivity contribution in [3.05, 3.63) is 23.8 Å². The first kappa shape index (κ1) is 14.2. The predicted molar refractivity (Wildman–Crippen MR) is 79.0 cm³/mol. The van der Waals surface area contributed by atoms with Crippen LogP contribution in [-0.4, -0.2) is 26.4 Å². The monoisotopic (exact) mass is 263 g/mol.